The van der Waals surface area contributed by atoms with Crippen LogP contribution in [0.25, 0.3) is 11.1 Å². The molecule has 1 aliphatic heterocycles. The van der Waals surface area contributed by atoms with Gasteiger partial charge in [-0.25, -0.2) is 4.39 Å². The molecule has 0 unspecified atom stereocenters. The van der Waals surface area contributed by atoms with Crippen molar-refractivity contribution >= 4 is 5.91 Å². The van der Waals surface area contributed by atoms with E-state index in [1.54, 1.807) is 18.3 Å². The highest BCUT2D eigenvalue weighted by Gasteiger charge is 2.24. The zero-order chi connectivity index (χ0) is 18.8. The minimum absolute atomic E-state index is 0.0571. The minimum atomic E-state index is -0.272. The molecule has 0 radical (unpaired) electrons. The Morgan fingerprint density at radius 3 is 2.78 bits per heavy atom. The summed E-state index contributed by atoms with van der Waals surface area (Å²) in [7, 11) is 0. The van der Waals surface area contributed by atoms with Crippen molar-refractivity contribution < 1.29 is 9.18 Å². The standard InChI is InChI=1S/C22H18FN3O/c1-2-16-4-3-5-17(12-16)13-22(27)25-10-11-26-21(15-25)20(14-24-26)18-6-8-19(23)9-7-18/h1,3-9,12,14H,10-11,13,15H2. The smallest absolute Gasteiger partial charge is 0.227 e. The molecule has 0 bridgehead atoms. The molecule has 0 atom stereocenters. The Morgan fingerprint density at radius 1 is 1.19 bits per heavy atom. The van der Waals surface area contributed by atoms with Gasteiger partial charge in [0.2, 0.25) is 5.91 Å². The number of carbonyl (C=O) groups is 1. The summed E-state index contributed by atoms with van der Waals surface area (Å²) >= 11 is 0. The predicted octanol–water partition coefficient (Wildman–Crippen LogP) is 3.26. The number of terminal acetylenes is 1. The van der Waals surface area contributed by atoms with E-state index in [0.717, 1.165) is 27.9 Å². The summed E-state index contributed by atoms with van der Waals surface area (Å²) < 4.78 is 15.1. The maximum Gasteiger partial charge on any atom is 0.227 e. The zero-order valence-corrected chi connectivity index (χ0v) is 14.7. The summed E-state index contributed by atoms with van der Waals surface area (Å²) in [5.41, 5.74) is 4.48. The third-order valence-corrected chi connectivity index (χ3v) is 4.83. The third kappa shape index (κ3) is 3.47. The Labute approximate surface area is 157 Å². The number of benzene rings is 2. The van der Waals surface area contributed by atoms with Crippen molar-refractivity contribution in [2.75, 3.05) is 6.54 Å². The fourth-order valence-corrected chi connectivity index (χ4v) is 3.39. The van der Waals surface area contributed by atoms with Gasteiger partial charge in [-0.15, -0.1) is 6.42 Å². The predicted molar refractivity (Wildman–Crippen MR) is 101 cm³/mol. The lowest BCUT2D eigenvalue weighted by molar-refractivity contribution is -0.131. The normalized spacial score (nSPS) is 13.1. The lowest BCUT2D eigenvalue weighted by Crippen LogP contribution is -2.39. The summed E-state index contributed by atoms with van der Waals surface area (Å²) in [5.74, 6) is 2.38. The van der Waals surface area contributed by atoms with Gasteiger partial charge in [-0.2, -0.15) is 5.10 Å². The average Bonchev–Trinajstić information content (AvgIpc) is 3.12. The first-order chi connectivity index (χ1) is 13.1. The molecule has 134 valence electrons. The first-order valence-electron chi connectivity index (χ1n) is 8.78. The van der Waals surface area contributed by atoms with Crippen LogP contribution in [0.1, 0.15) is 16.8 Å². The molecule has 1 amide bonds. The zero-order valence-electron chi connectivity index (χ0n) is 14.7. The Balaban J connectivity index is 1.54. The van der Waals surface area contributed by atoms with Crippen LogP contribution in [0.2, 0.25) is 0 Å². The molecule has 1 aromatic heterocycles. The van der Waals surface area contributed by atoms with E-state index in [1.807, 2.05) is 33.8 Å². The van der Waals surface area contributed by atoms with E-state index in [-0.39, 0.29) is 11.7 Å². The summed E-state index contributed by atoms with van der Waals surface area (Å²) in [6.45, 7) is 1.75. The van der Waals surface area contributed by atoms with Gasteiger partial charge in [-0.05, 0) is 35.4 Å². The molecule has 3 aromatic rings. The number of hydrogen-bond acceptors (Lipinski definition) is 2. The van der Waals surface area contributed by atoms with Crippen LogP contribution >= 0.6 is 0 Å². The molecule has 0 spiro atoms. The third-order valence-electron chi connectivity index (χ3n) is 4.83. The SMILES string of the molecule is C#Cc1cccc(CC(=O)N2CCn3ncc(-c4ccc(F)cc4)c3C2)c1. The van der Waals surface area contributed by atoms with Crippen LogP contribution in [-0.4, -0.2) is 27.1 Å². The van der Waals surface area contributed by atoms with Gasteiger partial charge >= 0.3 is 0 Å². The Hall–Kier alpha value is -3.39. The van der Waals surface area contributed by atoms with Crippen LogP contribution in [0.5, 0.6) is 0 Å². The quantitative estimate of drug-likeness (QED) is 0.674. The number of carbonyl (C=O) groups excluding carboxylic acids is 1. The summed E-state index contributed by atoms with van der Waals surface area (Å²) in [6, 6.07) is 13.8. The van der Waals surface area contributed by atoms with Crippen molar-refractivity contribution in [1.29, 1.82) is 0 Å². The van der Waals surface area contributed by atoms with Gasteiger partial charge in [0.25, 0.3) is 0 Å². The number of hydrogen-bond donors (Lipinski definition) is 0. The molecule has 0 N–H and O–H groups in total. The van der Waals surface area contributed by atoms with Crippen LogP contribution in [0, 0.1) is 18.2 Å². The minimum Gasteiger partial charge on any atom is -0.335 e. The topological polar surface area (TPSA) is 38.1 Å². The molecular weight excluding hydrogens is 341 g/mol. The molecule has 1 aliphatic rings. The number of halogens is 1. The van der Waals surface area contributed by atoms with Gasteiger partial charge in [-0.1, -0.05) is 30.2 Å². The molecule has 5 heteroatoms. The highest BCUT2D eigenvalue weighted by Crippen LogP contribution is 2.27. The first kappa shape index (κ1) is 17.0. The van der Waals surface area contributed by atoms with E-state index >= 15 is 0 Å². The van der Waals surface area contributed by atoms with Crippen LogP contribution in [0.3, 0.4) is 0 Å². The van der Waals surface area contributed by atoms with E-state index in [1.165, 1.54) is 12.1 Å². The second kappa shape index (κ2) is 7.08. The molecule has 27 heavy (non-hydrogen) atoms. The number of rotatable bonds is 3. The van der Waals surface area contributed by atoms with E-state index < -0.39 is 0 Å². The van der Waals surface area contributed by atoms with Crippen LogP contribution in [-0.2, 0) is 24.3 Å². The Morgan fingerprint density at radius 2 is 2.00 bits per heavy atom. The fraction of sp³-hybridized carbons (Fsp3) is 0.182. The van der Waals surface area contributed by atoms with Crippen molar-refractivity contribution in [3.8, 4) is 23.5 Å². The van der Waals surface area contributed by atoms with Crippen molar-refractivity contribution in [2.24, 2.45) is 0 Å². The Bertz CT molecular complexity index is 1030. The van der Waals surface area contributed by atoms with Gasteiger partial charge in [0.1, 0.15) is 5.82 Å². The van der Waals surface area contributed by atoms with Crippen molar-refractivity contribution in [3.05, 3.63) is 77.4 Å². The molecule has 2 aromatic carbocycles. The molecule has 0 aliphatic carbocycles. The molecule has 2 heterocycles. The molecule has 0 fully saturated rings. The van der Waals surface area contributed by atoms with Crippen molar-refractivity contribution in [3.63, 3.8) is 0 Å². The maximum atomic E-state index is 13.2. The summed E-state index contributed by atoms with van der Waals surface area (Å²) in [4.78, 5) is 14.6. The Kier molecular flexibility index (Phi) is 4.47. The van der Waals surface area contributed by atoms with Crippen LogP contribution in [0.15, 0.2) is 54.7 Å². The number of amides is 1. The summed E-state index contributed by atoms with van der Waals surface area (Å²) in [6.07, 6.45) is 7.54. The van der Waals surface area contributed by atoms with E-state index in [4.69, 9.17) is 6.42 Å². The molecule has 4 rings (SSSR count). The second-order valence-corrected chi connectivity index (χ2v) is 6.57. The van der Waals surface area contributed by atoms with Gasteiger partial charge in [0, 0.05) is 17.7 Å². The van der Waals surface area contributed by atoms with E-state index in [9.17, 15) is 9.18 Å². The van der Waals surface area contributed by atoms with E-state index in [0.29, 0.717) is 26.1 Å². The monoisotopic (exact) mass is 359 g/mol. The molecule has 4 nitrogen and oxygen atoms in total. The second-order valence-electron chi connectivity index (χ2n) is 6.57. The van der Waals surface area contributed by atoms with Crippen LogP contribution < -0.4 is 0 Å². The van der Waals surface area contributed by atoms with Gasteiger partial charge in [0.05, 0.1) is 31.4 Å². The average molecular weight is 359 g/mol. The maximum absolute atomic E-state index is 13.2. The van der Waals surface area contributed by atoms with Crippen molar-refractivity contribution in [1.82, 2.24) is 14.7 Å². The van der Waals surface area contributed by atoms with E-state index in [2.05, 4.69) is 11.0 Å². The highest BCUT2D eigenvalue weighted by molar-refractivity contribution is 5.79. The van der Waals surface area contributed by atoms with Gasteiger partial charge in [-0.3, -0.25) is 9.48 Å². The molecule has 0 saturated carbocycles. The number of fused-ring (bicyclic) bond motifs is 1. The number of nitrogens with zero attached hydrogens (tertiary/aromatic N) is 3. The fourth-order valence-electron chi connectivity index (χ4n) is 3.39. The van der Waals surface area contributed by atoms with Gasteiger partial charge in [0.15, 0.2) is 0 Å². The van der Waals surface area contributed by atoms with Crippen molar-refractivity contribution in [2.45, 2.75) is 19.5 Å². The summed E-state index contributed by atoms with van der Waals surface area (Å²) in [5, 5.41) is 4.42. The molecular formula is C22H18FN3O. The lowest BCUT2D eigenvalue weighted by Gasteiger charge is -2.28. The number of aromatic nitrogens is 2. The van der Waals surface area contributed by atoms with Crippen LogP contribution in [0.4, 0.5) is 4.39 Å². The highest BCUT2D eigenvalue weighted by atomic mass is 19.1. The first-order valence-corrected chi connectivity index (χ1v) is 8.78. The largest absolute Gasteiger partial charge is 0.335 e. The molecule has 0 saturated heterocycles. The van der Waals surface area contributed by atoms with Gasteiger partial charge < -0.3 is 4.90 Å². The lowest BCUT2D eigenvalue weighted by atomic mass is 10.0.